The number of aromatic nitrogens is 4. The Kier molecular flexibility index (Phi) is 7.07. The zero-order valence-electron chi connectivity index (χ0n) is 16.6. The van der Waals surface area contributed by atoms with Crippen molar-refractivity contribution in [3.8, 4) is 11.5 Å². The maximum atomic E-state index is 12.6. The number of methoxy groups -OCH3 is 2. The van der Waals surface area contributed by atoms with Crippen LogP contribution in [0.3, 0.4) is 0 Å². The highest BCUT2D eigenvalue weighted by Gasteiger charge is 2.18. The normalized spacial score (nSPS) is 10.6. The predicted molar refractivity (Wildman–Crippen MR) is 110 cm³/mol. The van der Waals surface area contributed by atoms with Crippen LogP contribution in [0.1, 0.15) is 21.9 Å². The molecule has 0 fully saturated rings. The Morgan fingerprint density at radius 1 is 1.10 bits per heavy atom. The molecule has 2 aromatic heterocycles. The lowest BCUT2D eigenvalue weighted by Gasteiger charge is -2.12. The quantitative estimate of drug-likeness (QED) is 0.539. The van der Waals surface area contributed by atoms with Gasteiger partial charge < -0.3 is 19.4 Å². The first kappa shape index (κ1) is 20.7. The van der Waals surface area contributed by atoms with Gasteiger partial charge in [0, 0.05) is 32.0 Å². The van der Waals surface area contributed by atoms with E-state index in [0.29, 0.717) is 30.0 Å². The van der Waals surface area contributed by atoms with Crippen LogP contribution in [0, 0.1) is 0 Å². The SMILES string of the molecule is COc1cccc(OC)c1C(=O)NCCc1nnc(SCc2ccccn2)n1C. The first-order chi connectivity index (χ1) is 14.1. The standard InChI is InChI=1S/C20H23N5O3S/c1-25-17(23-24-20(25)29-13-14-7-4-5-11-21-14)10-12-22-19(26)18-15(27-2)8-6-9-16(18)28-3/h4-9,11H,10,12-13H2,1-3H3,(H,22,26). The molecule has 0 aliphatic carbocycles. The van der Waals surface area contributed by atoms with E-state index in [4.69, 9.17) is 9.47 Å². The van der Waals surface area contributed by atoms with E-state index in [0.717, 1.165) is 22.4 Å². The number of hydrogen-bond donors (Lipinski definition) is 1. The topological polar surface area (TPSA) is 91.2 Å². The zero-order valence-corrected chi connectivity index (χ0v) is 17.4. The van der Waals surface area contributed by atoms with Crippen molar-refractivity contribution in [3.05, 3.63) is 59.7 Å². The van der Waals surface area contributed by atoms with Gasteiger partial charge in [0.25, 0.3) is 5.91 Å². The maximum Gasteiger partial charge on any atom is 0.258 e. The Balaban J connectivity index is 1.57. The number of ether oxygens (including phenoxy) is 2. The first-order valence-corrected chi connectivity index (χ1v) is 10.0. The minimum Gasteiger partial charge on any atom is -0.496 e. The first-order valence-electron chi connectivity index (χ1n) is 9.04. The van der Waals surface area contributed by atoms with Gasteiger partial charge in [-0.1, -0.05) is 23.9 Å². The lowest BCUT2D eigenvalue weighted by molar-refractivity contribution is 0.0947. The van der Waals surface area contributed by atoms with Crippen LogP contribution in [0.15, 0.2) is 47.8 Å². The number of pyridine rings is 1. The summed E-state index contributed by atoms with van der Waals surface area (Å²) in [6.07, 6.45) is 2.33. The molecule has 3 rings (SSSR count). The maximum absolute atomic E-state index is 12.6. The number of hydrogen-bond acceptors (Lipinski definition) is 7. The van der Waals surface area contributed by atoms with Gasteiger partial charge in [0.15, 0.2) is 5.16 Å². The van der Waals surface area contributed by atoms with Gasteiger partial charge in [-0.25, -0.2) is 0 Å². The number of thioether (sulfide) groups is 1. The van der Waals surface area contributed by atoms with Crippen molar-refractivity contribution >= 4 is 17.7 Å². The fourth-order valence-corrected chi connectivity index (χ4v) is 3.61. The van der Waals surface area contributed by atoms with Crippen molar-refractivity contribution < 1.29 is 14.3 Å². The van der Waals surface area contributed by atoms with E-state index in [1.807, 2.05) is 29.8 Å². The van der Waals surface area contributed by atoms with Crippen LogP contribution in [-0.4, -0.2) is 46.4 Å². The third-order valence-corrected chi connectivity index (χ3v) is 5.34. The van der Waals surface area contributed by atoms with Crippen LogP contribution < -0.4 is 14.8 Å². The van der Waals surface area contributed by atoms with Crippen molar-refractivity contribution in [2.75, 3.05) is 20.8 Å². The molecule has 0 spiro atoms. The molecule has 0 bridgehead atoms. The third-order valence-electron chi connectivity index (χ3n) is 4.29. The van der Waals surface area contributed by atoms with Crippen LogP contribution in [0.25, 0.3) is 0 Å². The molecule has 0 saturated carbocycles. The third kappa shape index (κ3) is 5.05. The largest absolute Gasteiger partial charge is 0.496 e. The Labute approximate surface area is 173 Å². The summed E-state index contributed by atoms with van der Waals surface area (Å²) in [5.41, 5.74) is 1.36. The average Bonchev–Trinajstić information content (AvgIpc) is 3.11. The van der Waals surface area contributed by atoms with Gasteiger partial charge in [0.05, 0.1) is 19.9 Å². The summed E-state index contributed by atoms with van der Waals surface area (Å²) in [6.45, 7) is 0.414. The lowest BCUT2D eigenvalue weighted by Crippen LogP contribution is -2.27. The van der Waals surface area contributed by atoms with Gasteiger partial charge in [0.1, 0.15) is 22.9 Å². The molecule has 0 atom stereocenters. The Bertz CT molecular complexity index is 940. The molecule has 29 heavy (non-hydrogen) atoms. The summed E-state index contributed by atoms with van der Waals surface area (Å²) in [6, 6.07) is 11.1. The molecule has 0 aliphatic rings. The van der Waals surface area contributed by atoms with Crippen molar-refractivity contribution in [2.24, 2.45) is 7.05 Å². The number of carbonyl (C=O) groups is 1. The van der Waals surface area contributed by atoms with E-state index in [2.05, 4.69) is 20.5 Å². The summed E-state index contributed by atoms with van der Waals surface area (Å²) in [5, 5.41) is 12.2. The zero-order chi connectivity index (χ0) is 20.6. The molecule has 0 aliphatic heterocycles. The Morgan fingerprint density at radius 2 is 1.86 bits per heavy atom. The molecular formula is C20H23N5O3S. The van der Waals surface area contributed by atoms with E-state index in [1.165, 1.54) is 14.2 Å². The average molecular weight is 414 g/mol. The summed E-state index contributed by atoms with van der Waals surface area (Å²) in [5.74, 6) is 2.19. The monoisotopic (exact) mass is 413 g/mol. The predicted octanol–water partition coefficient (Wildman–Crippen LogP) is 2.49. The van der Waals surface area contributed by atoms with E-state index < -0.39 is 0 Å². The number of rotatable bonds is 9. The highest BCUT2D eigenvalue weighted by Crippen LogP contribution is 2.28. The number of carbonyl (C=O) groups excluding carboxylic acids is 1. The van der Waals surface area contributed by atoms with Gasteiger partial charge in [-0.3, -0.25) is 9.78 Å². The smallest absolute Gasteiger partial charge is 0.258 e. The molecular weight excluding hydrogens is 390 g/mol. The lowest BCUT2D eigenvalue weighted by atomic mass is 10.1. The van der Waals surface area contributed by atoms with Crippen LogP contribution in [-0.2, 0) is 19.2 Å². The van der Waals surface area contributed by atoms with Crippen LogP contribution in [0.5, 0.6) is 11.5 Å². The van der Waals surface area contributed by atoms with Crippen molar-refractivity contribution in [1.29, 1.82) is 0 Å². The number of nitrogens with one attached hydrogen (secondary N) is 1. The molecule has 1 aromatic carbocycles. The Morgan fingerprint density at radius 3 is 2.52 bits per heavy atom. The van der Waals surface area contributed by atoms with E-state index >= 15 is 0 Å². The van der Waals surface area contributed by atoms with E-state index in [1.54, 1.807) is 36.2 Å². The molecule has 3 aromatic rings. The van der Waals surface area contributed by atoms with Gasteiger partial charge >= 0.3 is 0 Å². The summed E-state index contributed by atoms with van der Waals surface area (Å²) in [4.78, 5) is 16.9. The fourth-order valence-electron chi connectivity index (χ4n) is 2.76. The molecule has 1 N–H and O–H groups in total. The van der Waals surface area contributed by atoms with E-state index in [-0.39, 0.29) is 5.91 Å². The van der Waals surface area contributed by atoms with Gasteiger partial charge in [0.2, 0.25) is 0 Å². The Hall–Kier alpha value is -3.07. The second-order valence-corrected chi connectivity index (χ2v) is 7.05. The minimum absolute atomic E-state index is 0.258. The van der Waals surface area contributed by atoms with Crippen molar-refractivity contribution in [1.82, 2.24) is 25.1 Å². The number of amides is 1. The minimum atomic E-state index is -0.258. The second kappa shape index (κ2) is 9.92. The molecule has 9 heteroatoms. The fraction of sp³-hybridized carbons (Fsp3) is 0.300. The molecule has 1 amide bonds. The van der Waals surface area contributed by atoms with Gasteiger partial charge in [-0.05, 0) is 24.3 Å². The van der Waals surface area contributed by atoms with Crippen molar-refractivity contribution in [3.63, 3.8) is 0 Å². The molecule has 152 valence electrons. The van der Waals surface area contributed by atoms with Crippen LogP contribution in [0.2, 0.25) is 0 Å². The molecule has 0 unspecified atom stereocenters. The van der Waals surface area contributed by atoms with Gasteiger partial charge in [-0.15, -0.1) is 10.2 Å². The second-order valence-electron chi connectivity index (χ2n) is 6.11. The van der Waals surface area contributed by atoms with Crippen LogP contribution in [0.4, 0.5) is 0 Å². The van der Waals surface area contributed by atoms with Crippen LogP contribution >= 0.6 is 11.8 Å². The van der Waals surface area contributed by atoms with Gasteiger partial charge in [-0.2, -0.15) is 0 Å². The summed E-state index contributed by atoms with van der Waals surface area (Å²) >= 11 is 1.57. The number of benzene rings is 1. The molecule has 0 saturated heterocycles. The number of nitrogens with zero attached hydrogens (tertiary/aromatic N) is 4. The van der Waals surface area contributed by atoms with Crippen molar-refractivity contribution in [2.45, 2.75) is 17.3 Å². The highest BCUT2D eigenvalue weighted by atomic mass is 32.2. The van der Waals surface area contributed by atoms with E-state index in [9.17, 15) is 4.79 Å². The summed E-state index contributed by atoms with van der Waals surface area (Å²) in [7, 11) is 4.96. The molecule has 8 nitrogen and oxygen atoms in total. The molecule has 0 radical (unpaired) electrons. The summed E-state index contributed by atoms with van der Waals surface area (Å²) < 4.78 is 12.5. The highest BCUT2D eigenvalue weighted by molar-refractivity contribution is 7.98. The molecule has 2 heterocycles.